The van der Waals surface area contributed by atoms with Crippen molar-refractivity contribution < 1.29 is 14.3 Å². The van der Waals surface area contributed by atoms with Crippen LogP contribution in [0, 0.1) is 5.82 Å². The lowest BCUT2D eigenvalue weighted by molar-refractivity contribution is 0.0691. The van der Waals surface area contributed by atoms with Gasteiger partial charge in [0.2, 0.25) is 0 Å². The molecule has 82 valence electrons. The molecule has 0 amide bonds. The molecule has 0 aliphatic carbocycles. The second-order valence-electron chi connectivity index (χ2n) is 3.18. The number of benzene rings is 1. The molecule has 0 unspecified atom stereocenters. The Hall–Kier alpha value is -2.37. The number of nitrogens with two attached hydrogens (primary N) is 1. The molecule has 0 aliphatic heterocycles. The van der Waals surface area contributed by atoms with E-state index >= 15 is 0 Å². The maximum Gasteiger partial charge on any atom is 0.356 e. The molecule has 3 N–H and O–H groups in total. The van der Waals surface area contributed by atoms with Crippen molar-refractivity contribution in [3.63, 3.8) is 0 Å². The van der Waals surface area contributed by atoms with Gasteiger partial charge in [-0.3, -0.25) is 0 Å². The number of nitrogens with zero attached hydrogens (tertiary/aromatic N) is 2. The highest BCUT2D eigenvalue weighted by Crippen LogP contribution is 2.16. The second-order valence-corrected chi connectivity index (χ2v) is 3.18. The highest BCUT2D eigenvalue weighted by Gasteiger charge is 2.10. The molecular formula is C10H8FN3O2. The number of aromatic nitrogens is 2. The van der Waals surface area contributed by atoms with Gasteiger partial charge in [-0.2, -0.15) is 0 Å². The van der Waals surface area contributed by atoms with Crippen LogP contribution in [0.5, 0.6) is 0 Å². The van der Waals surface area contributed by atoms with Crippen LogP contribution in [0.2, 0.25) is 0 Å². The standard InChI is InChI=1S/C10H8FN3O2/c11-7-3-6(12)1-2-9(7)14-4-8(10(15)16)13-5-14/h1-5H,12H2,(H,15,16). The van der Waals surface area contributed by atoms with Crippen molar-refractivity contribution in [2.75, 3.05) is 5.73 Å². The Morgan fingerprint density at radius 1 is 1.50 bits per heavy atom. The van der Waals surface area contributed by atoms with Crippen LogP contribution >= 0.6 is 0 Å². The van der Waals surface area contributed by atoms with E-state index in [4.69, 9.17) is 10.8 Å². The Balaban J connectivity index is 2.46. The van der Waals surface area contributed by atoms with Gasteiger partial charge < -0.3 is 15.4 Å². The number of imidazole rings is 1. The van der Waals surface area contributed by atoms with E-state index in [-0.39, 0.29) is 11.4 Å². The molecule has 16 heavy (non-hydrogen) atoms. The predicted molar refractivity (Wildman–Crippen MR) is 54.9 cm³/mol. The minimum atomic E-state index is -1.16. The fourth-order valence-corrected chi connectivity index (χ4v) is 1.30. The van der Waals surface area contributed by atoms with Crippen LogP contribution < -0.4 is 5.73 Å². The zero-order valence-electron chi connectivity index (χ0n) is 8.09. The van der Waals surface area contributed by atoms with Gasteiger partial charge in [0.1, 0.15) is 12.1 Å². The summed E-state index contributed by atoms with van der Waals surface area (Å²) in [4.78, 5) is 14.2. The normalized spacial score (nSPS) is 10.3. The van der Waals surface area contributed by atoms with Crippen molar-refractivity contribution in [3.8, 4) is 5.69 Å². The number of hydrogen-bond acceptors (Lipinski definition) is 3. The third kappa shape index (κ3) is 1.72. The number of carboxylic acids is 1. The van der Waals surface area contributed by atoms with E-state index in [1.807, 2.05) is 0 Å². The monoisotopic (exact) mass is 221 g/mol. The molecule has 5 nitrogen and oxygen atoms in total. The summed E-state index contributed by atoms with van der Waals surface area (Å²) in [6, 6.07) is 4.15. The third-order valence-electron chi connectivity index (χ3n) is 2.05. The Morgan fingerprint density at radius 2 is 2.25 bits per heavy atom. The number of nitrogen functional groups attached to an aromatic ring is 1. The number of aromatic carboxylic acids is 1. The summed E-state index contributed by atoms with van der Waals surface area (Å²) < 4.78 is 14.8. The van der Waals surface area contributed by atoms with Crippen LogP contribution in [0.15, 0.2) is 30.7 Å². The van der Waals surface area contributed by atoms with Crippen LogP contribution in [0.25, 0.3) is 5.69 Å². The highest BCUT2D eigenvalue weighted by atomic mass is 19.1. The van der Waals surface area contributed by atoms with Gasteiger partial charge >= 0.3 is 5.97 Å². The van der Waals surface area contributed by atoms with Crippen molar-refractivity contribution in [2.45, 2.75) is 0 Å². The summed E-state index contributed by atoms with van der Waals surface area (Å²) in [5.41, 5.74) is 5.77. The van der Waals surface area contributed by atoms with Crippen LogP contribution in [0.3, 0.4) is 0 Å². The van der Waals surface area contributed by atoms with Crippen LogP contribution in [-0.4, -0.2) is 20.6 Å². The first-order valence-corrected chi connectivity index (χ1v) is 4.40. The lowest BCUT2D eigenvalue weighted by atomic mass is 10.2. The first-order valence-electron chi connectivity index (χ1n) is 4.40. The average molecular weight is 221 g/mol. The van der Waals surface area contributed by atoms with Gasteiger partial charge in [0, 0.05) is 11.9 Å². The molecule has 0 saturated heterocycles. The number of carboxylic acid groups (broad SMARTS) is 1. The zero-order valence-corrected chi connectivity index (χ0v) is 8.09. The van der Waals surface area contributed by atoms with Gasteiger partial charge in [-0.15, -0.1) is 0 Å². The summed E-state index contributed by atoms with van der Waals surface area (Å²) in [7, 11) is 0. The number of carbonyl (C=O) groups is 1. The Morgan fingerprint density at radius 3 is 2.81 bits per heavy atom. The van der Waals surface area contributed by atoms with Crippen molar-refractivity contribution in [1.82, 2.24) is 9.55 Å². The molecule has 1 aromatic heterocycles. The highest BCUT2D eigenvalue weighted by molar-refractivity contribution is 5.85. The van der Waals surface area contributed by atoms with Gasteiger partial charge in [-0.1, -0.05) is 0 Å². The molecule has 0 atom stereocenters. The number of anilines is 1. The van der Waals surface area contributed by atoms with E-state index in [9.17, 15) is 9.18 Å². The summed E-state index contributed by atoms with van der Waals surface area (Å²) >= 11 is 0. The molecule has 0 aliphatic rings. The topological polar surface area (TPSA) is 81.1 Å². The van der Waals surface area contributed by atoms with Crippen molar-refractivity contribution in [2.24, 2.45) is 0 Å². The van der Waals surface area contributed by atoms with Crippen molar-refractivity contribution in [3.05, 3.63) is 42.2 Å². The predicted octanol–water partition coefficient (Wildman–Crippen LogP) is 1.29. The molecule has 2 aromatic rings. The number of rotatable bonds is 2. The molecule has 0 bridgehead atoms. The van der Waals surface area contributed by atoms with E-state index in [2.05, 4.69) is 4.98 Å². The largest absolute Gasteiger partial charge is 0.476 e. The summed E-state index contributed by atoms with van der Waals surface area (Å²) in [5.74, 6) is -1.69. The molecule has 1 heterocycles. The first-order chi connectivity index (χ1) is 7.58. The van der Waals surface area contributed by atoms with E-state index in [1.165, 1.54) is 29.2 Å². The van der Waals surface area contributed by atoms with Crippen LogP contribution in [0.4, 0.5) is 10.1 Å². The van der Waals surface area contributed by atoms with Gasteiger partial charge in [-0.25, -0.2) is 14.2 Å². The van der Waals surface area contributed by atoms with Gasteiger partial charge in [0.05, 0.1) is 5.69 Å². The maximum atomic E-state index is 13.5. The van der Waals surface area contributed by atoms with Gasteiger partial charge in [0.15, 0.2) is 5.69 Å². The second kappa shape index (κ2) is 3.65. The molecule has 0 radical (unpaired) electrons. The fourth-order valence-electron chi connectivity index (χ4n) is 1.30. The summed E-state index contributed by atoms with van der Waals surface area (Å²) in [5, 5.41) is 8.67. The molecule has 0 spiro atoms. The molecule has 0 saturated carbocycles. The Bertz CT molecular complexity index is 551. The van der Waals surface area contributed by atoms with Crippen molar-refractivity contribution >= 4 is 11.7 Å². The lowest BCUT2D eigenvalue weighted by Gasteiger charge is -2.03. The Labute approximate surface area is 90.0 Å². The van der Waals surface area contributed by atoms with Crippen molar-refractivity contribution in [1.29, 1.82) is 0 Å². The minimum absolute atomic E-state index is 0.142. The average Bonchev–Trinajstić information content (AvgIpc) is 2.66. The van der Waals surface area contributed by atoms with Gasteiger partial charge in [-0.05, 0) is 18.2 Å². The van der Waals surface area contributed by atoms with Crippen LogP contribution in [-0.2, 0) is 0 Å². The molecule has 0 fully saturated rings. The molecular weight excluding hydrogens is 213 g/mol. The van der Waals surface area contributed by atoms with Gasteiger partial charge in [0.25, 0.3) is 0 Å². The molecule has 2 rings (SSSR count). The summed E-state index contributed by atoms with van der Waals surface area (Å²) in [6.07, 6.45) is 2.47. The number of hydrogen-bond donors (Lipinski definition) is 2. The SMILES string of the molecule is Nc1ccc(-n2cnc(C(=O)O)c2)c(F)c1. The number of halogens is 1. The summed E-state index contributed by atoms with van der Waals surface area (Å²) in [6.45, 7) is 0. The van der Waals surface area contributed by atoms with E-state index in [0.29, 0.717) is 5.69 Å². The van der Waals surface area contributed by atoms with E-state index in [1.54, 1.807) is 0 Å². The lowest BCUT2D eigenvalue weighted by Crippen LogP contribution is -1.98. The smallest absolute Gasteiger partial charge is 0.356 e. The molecule has 6 heteroatoms. The molecule has 1 aromatic carbocycles. The van der Waals surface area contributed by atoms with E-state index in [0.717, 1.165) is 6.07 Å². The van der Waals surface area contributed by atoms with Crippen LogP contribution in [0.1, 0.15) is 10.5 Å². The quantitative estimate of drug-likeness (QED) is 0.749. The maximum absolute atomic E-state index is 13.5. The Kier molecular flexibility index (Phi) is 2.32. The minimum Gasteiger partial charge on any atom is -0.476 e. The third-order valence-corrected chi connectivity index (χ3v) is 2.05. The zero-order chi connectivity index (χ0) is 11.7. The first kappa shape index (κ1) is 10.2. The fraction of sp³-hybridized carbons (Fsp3) is 0. The van der Waals surface area contributed by atoms with E-state index < -0.39 is 11.8 Å².